The van der Waals surface area contributed by atoms with Gasteiger partial charge in [0.05, 0.1) is 29.8 Å². The average Bonchev–Trinajstić information content (AvgIpc) is 3.53. The van der Waals surface area contributed by atoms with Crippen molar-refractivity contribution in [3.05, 3.63) is 78.2 Å². The normalized spacial score (nSPS) is 11.1. The van der Waals surface area contributed by atoms with Gasteiger partial charge in [0.1, 0.15) is 11.6 Å². The average molecular weight is 446 g/mol. The molecule has 0 saturated carbocycles. The Bertz CT molecular complexity index is 1450. The molecule has 0 fully saturated rings. The number of anilines is 2. The number of hydrogen-bond acceptors (Lipinski definition) is 7. The predicted octanol–water partition coefficient (Wildman–Crippen LogP) is 3.73. The van der Waals surface area contributed by atoms with Crippen molar-refractivity contribution in [1.29, 1.82) is 0 Å². The number of amides is 1. The first-order valence-electron chi connectivity index (χ1n) is 10.1. The Morgan fingerprint density at radius 1 is 1.18 bits per heavy atom. The highest BCUT2D eigenvalue weighted by Crippen LogP contribution is 2.26. The van der Waals surface area contributed by atoms with Crippen LogP contribution >= 0.6 is 0 Å². The maximum atomic E-state index is 14.6. The maximum absolute atomic E-state index is 14.6. The van der Waals surface area contributed by atoms with Crippen LogP contribution in [0.25, 0.3) is 17.0 Å². The number of benzene rings is 1. The quantitative estimate of drug-likeness (QED) is 0.363. The van der Waals surface area contributed by atoms with Crippen molar-refractivity contribution >= 4 is 23.1 Å². The highest BCUT2D eigenvalue weighted by molar-refractivity contribution is 6.03. The van der Waals surface area contributed by atoms with E-state index in [1.165, 1.54) is 18.2 Å². The van der Waals surface area contributed by atoms with E-state index in [2.05, 4.69) is 35.6 Å². The lowest BCUT2D eigenvalue weighted by Gasteiger charge is -2.06. The predicted molar refractivity (Wildman–Crippen MR) is 118 cm³/mol. The van der Waals surface area contributed by atoms with Crippen molar-refractivity contribution in [2.45, 2.75) is 20.4 Å². The van der Waals surface area contributed by atoms with Gasteiger partial charge in [-0.2, -0.15) is 0 Å². The number of halogens is 1. The molecule has 166 valence electrons. The Kier molecular flexibility index (Phi) is 5.05. The third-order valence-corrected chi connectivity index (χ3v) is 4.93. The van der Waals surface area contributed by atoms with Crippen LogP contribution in [-0.2, 0) is 6.54 Å². The van der Waals surface area contributed by atoms with Gasteiger partial charge in [-0.15, -0.1) is 0 Å². The van der Waals surface area contributed by atoms with E-state index in [1.54, 1.807) is 49.2 Å². The Balaban J connectivity index is 1.39. The fourth-order valence-electron chi connectivity index (χ4n) is 3.42. The first-order valence-corrected chi connectivity index (χ1v) is 10.1. The summed E-state index contributed by atoms with van der Waals surface area (Å²) in [5, 5.41) is 5.93. The minimum absolute atomic E-state index is 0.116. The van der Waals surface area contributed by atoms with Gasteiger partial charge in [-0.3, -0.25) is 9.20 Å². The lowest BCUT2D eigenvalue weighted by atomic mass is 10.1. The minimum atomic E-state index is -0.473. The monoisotopic (exact) mass is 446 g/mol. The van der Waals surface area contributed by atoms with Crippen LogP contribution in [0.15, 0.2) is 53.6 Å². The molecule has 0 aliphatic rings. The fourth-order valence-corrected chi connectivity index (χ4v) is 3.42. The molecular formula is C22H19FN8O2. The lowest BCUT2D eigenvalue weighted by Crippen LogP contribution is -2.12. The molecule has 5 rings (SSSR count). The van der Waals surface area contributed by atoms with Crippen molar-refractivity contribution in [3.8, 4) is 11.3 Å². The van der Waals surface area contributed by atoms with Crippen LogP contribution in [0.5, 0.6) is 0 Å². The fraction of sp³-hybridized carbons (Fsp3) is 0.136. The number of aromatic nitrogens is 6. The Morgan fingerprint density at radius 2 is 2.06 bits per heavy atom. The molecule has 4 heterocycles. The van der Waals surface area contributed by atoms with Gasteiger partial charge in [0.15, 0.2) is 5.89 Å². The Morgan fingerprint density at radius 3 is 2.82 bits per heavy atom. The number of hydrogen-bond donors (Lipinski definition) is 3. The van der Waals surface area contributed by atoms with Crippen molar-refractivity contribution < 1.29 is 13.6 Å². The summed E-state index contributed by atoms with van der Waals surface area (Å²) in [4.78, 5) is 32.5. The molecule has 0 saturated heterocycles. The summed E-state index contributed by atoms with van der Waals surface area (Å²) in [6, 6.07) is 4.26. The number of aromatic amines is 1. The van der Waals surface area contributed by atoms with Gasteiger partial charge < -0.3 is 20.0 Å². The van der Waals surface area contributed by atoms with E-state index in [0.29, 0.717) is 35.3 Å². The van der Waals surface area contributed by atoms with Gasteiger partial charge in [-0.25, -0.2) is 24.3 Å². The summed E-state index contributed by atoms with van der Waals surface area (Å²) < 4.78 is 21.7. The molecule has 0 unspecified atom stereocenters. The first kappa shape index (κ1) is 20.4. The summed E-state index contributed by atoms with van der Waals surface area (Å²) in [5.74, 6) is 0.777. The molecule has 0 atom stereocenters. The molecule has 0 bridgehead atoms. The van der Waals surface area contributed by atoms with Gasteiger partial charge in [0.25, 0.3) is 5.91 Å². The van der Waals surface area contributed by atoms with Crippen LogP contribution in [0.1, 0.15) is 28.0 Å². The number of carbonyl (C=O) groups excluding carboxylic acids is 1. The van der Waals surface area contributed by atoms with E-state index in [0.717, 1.165) is 11.5 Å². The molecule has 11 heteroatoms. The third-order valence-electron chi connectivity index (χ3n) is 4.93. The number of carbonyl (C=O) groups is 1. The van der Waals surface area contributed by atoms with Crippen molar-refractivity contribution in [3.63, 3.8) is 0 Å². The van der Waals surface area contributed by atoms with E-state index in [4.69, 9.17) is 4.42 Å². The molecule has 1 aromatic carbocycles. The zero-order valence-corrected chi connectivity index (χ0v) is 17.8. The highest BCUT2D eigenvalue weighted by Gasteiger charge is 2.18. The smallest absolute Gasteiger partial charge is 0.293 e. The van der Waals surface area contributed by atoms with E-state index in [-0.39, 0.29) is 11.3 Å². The second-order valence-electron chi connectivity index (χ2n) is 7.36. The van der Waals surface area contributed by atoms with Crippen LogP contribution in [-0.4, -0.2) is 35.2 Å². The number of aryl methyl sites for hydroxylation is 2. The van der Waals surface area contributed by atoms with Crippen LogP contribution in [0.4, 0.5) is 15.8 Å². The summed E-state index contributed by atoms with van der Waals surface area (Å²) in [6.07, 6.45) is 8.55. The van der Waals surface area contributed by atoms with Crippen LogP contribution in [0.3, 0.4) is 0 Å². The molecule has 0 aliphatic heterocycles. The van der Waals surface area contributed by atoms with Crippen molar-refractivity contribution in [2.24, 2.45) is 0 Å². The molecular weight excluding hydrogens is 427 g/mol. The highest BCUT2D eigenvalue weighted by atomic mass is 19.1. The summed E-state index contributed by atoms with van der Waals surface area (Å²) >= 11 is 0. The van der Waals surface area contributed by atoms with E-state index in [9.17, 15) is 9.18 Å². The third kappa shape index (κ3) is 4.15. The van der Waals surface area contributed by atoms with Gasteiger partial charge in [0.2, 0.25) is 11.5 Å². The lowest BCUT2D eigenvalue weighted by molar-refractivity contribution is 0.0994. The SMILES string of the molecule is Cc1nc(C)c(C(=O)Nc2ccc(F)c(-c3cn4cc(NCc5ncc[nH]5)cnc4n3)c2)o1. The van der Waals surface area contributed by atoms with E-state index >= 15 is 0 Å². The van der Waals surface area contributed by atoms with Crippen LogP contribution in [0, 0.1) is 19.7 Å². The van der Waals surface area contributed by atoms with Gasteiger partial charge >= 0.3 is 0 Å². The standard InChI is InChI=1S/C22H19FN8O2/c1-12-20(33-13(2)28-12)21(32)29-14-3-4-17(23)16(7-14)18-11-31-10-15(8-27-22(31)30-18)26-9-19-24-5-6-25-19/h3-8,10-11,26H,9H2,1-2H3,(H,24,25)(H,29,32). The van der Waals surface area contributed by atoms with Gasteiger partial charge in [-0.1, -0.05) is 0 Å². The number of nitrogens with zero attached hydrogens (tertiary/aromatic N) is 5. The molecule has 10 nitrogen and oxygen atoms in total. The molecule has 1 amide bonds. The molecule has 0 radical (unpaired) electrons. The summed E-state index contributed by atoms with van der Waals surface area (Å²) in [5.41, 5.74) is 2.24. The molecule has 4 aromatic heterocycles. The number of rotatable bonds is 6. The van der Waals surface area contributed by atoms with Gasteiger partial charge in [-0.05, 0) is 25.1 Å². The molecule has 0 spiro atoms. The largest absolute Gasteiger partial charge is 0.436 e. The Hall–Kier alpha value is -4.54. The number of oxazole rings is 1. The second-order valence-corrected chi connectivity index (χ2v) is 7.36. The van der Waals surface area contributed by atoms with E-state index in [1.807, 2.05) is 0 Å². The zero-order chi connectivity index (χ0) is 22.9. The maximum Gasteiger partial charge on any atom is 0.293 e. The number of nitrogens with one attached hydrogen (secondary N) is 3. The summed E-state index contributed by atoms with van der Waals surface area (Å²) in [6.45, 7) is 3.85. The molecule has 3 N–H and O–H groups in total. The van der Waals surface area contributed by atoms with E-state index < -0.39 is 11.7 Å². The molecule has 5 aromatic rings. The number of H-pyrrole nitrogens is 1. The summed E-state index contributed by atoms with van der Waals surface area (Å²) in [7, 11) is 0. The van der Waals surface area contributed by atoms with Crippen LogP contribution in [0.2, 0.25) is 0 Å². The van der Waals surface area contributed by atoms with Crippen molar-refractivity contribution in [2.75, 3.05) is 10.6 Å². The topological polar surface area (TPSA) is 126 Å². The number of imidazole rings is 2. The molecule has 0 aliphatic carbocycles. The van der Waals surface area contributed by atoms with Crippen molar-refractivity contribution in [1.82, 2.24) is 29.3 Å². The van der Waals surface area contributed by atoms with Crippen LogP contribution < -0.4 is 10.6 Å². The Labute approximate surface area is 186 Å². The second kappa shape index (κ2) is 8.19. The van der Waals surface area contributed by atoms with Gasteiger partial charge in [0, 0.05) is 43.0 Å². The zero-order valence-electron chi connectivity index (χ0n) is 17.8. The number of fused-ring (bicyclic) bond motifs is 1. The molecule has 33 heavy (non-hydrogen) atoms. The minimum Gasteiger partial charge on any atom is -0.436 e. The first-order chi connectivity index (χ1) is 16.0.